The van der Waals surface area contributed by atoms with Crippen LogP contribution in [0.2, 0.25) is 0 Å². The van der Waals surface area contributed by atoms with Crippen LogP contribution < -0.4 is 20.7 Å². The van der Waals surface area contributed by atoms with Crippen LogP contribution in [0.25, 0.3) is 0 Å². The summed E-state index contributed by atoms with van der Waals surface area (Å²) in [5.74, 6) is 0.134. The van der Waals surface area contributed by atoms with E-state index in [0.717, 1.165) is 12.0 Å². The van der Waals surface area contributed by atoms with Crippen molar-refractivity contribution in [2.24, 2.45) is 0 Å². The standard InChI is InChI=1S/C22H26F3N3O2/c1-16(29)28-19-11-12-21(27-14-19,18-8-3-2-4-9-18)26-13-17-7-5-6-10-20(17)30-15-22(23,24)25/h2-10,19,26-27H,11-15H2,1H3,(H,28,29). The van der Waals surface area contributed by atoms with Gasteiger partial charge in [0, 0.05) is 31.6 Å². The van der Waals surface area contributed by atoms with Gasteiger partial charge in [-0.2, -0.15) is 13.2 Å². The Hall–Kier alpha value is -2.58. The van der Waals surface area contributed by atoms with Crippen molar-refractivity contribution >= 4 is 5.91 Å². The number of benzene rings is 2. The second-order valence-corrected chi connectivity index (χ2v) is 7.45. The number of para-hydroxylation sites is 1. The molecule has 2 aromatic carbocycles. The molecule has 0 radical (unpaired) electrons. The van der Waals surface area contributed by atoms with E-state index in [9.17, 15) is 18.0 Å². The summed E-state index contributed by atoms with van der Waals surface area (Å²) in [5, 5.41) is 9.93. The molecule has 30 heavy (non-hydrogen) atoms. The van der Waals surface area contributed by atoms with E-state index in [2.05, 4.69) is 16.0 Å². The van der Waals surface area contributed by atoms with Gasteiger partial charge in [0.05, 0.1) is 5.66 Å². The lowest BCUT2D eigenvalue weighted by Gasteiger charge is -2.43. The first-order valence-electron chi connectivity index (χ1n) is 9.87. The third-order valence-electron chi connectivity index (χ3n) is 5.14. The van der Waals surface area contributed by atoms with E-state index in [1.807, 2.05) is 30.3 Å². The topological polar surface area (TPSA) is 62.4 Å². The molecule has 0 spiro atoms. The highest BCUT2D eigenvalue weighted by molar-refractivity contribution is 5.73. The molecular formula is C22H26F3N3O2. The van der Waals surface area contributed by atoms with Crippen LogP contribution >= 0.6 is 0 Å². The highest BCUT2D eigenvalue weighted by Gasteiger charge is 2.36. The minimum atomic E-state index is -4.39. The molecule has 3 rings (SSSR count). The average Bonchev–Trinajstić information content (AvgIpc) is 2.72. The molecular weight excluding hydrogens is 395 g/mol. The highest BCUT2D eigenvalue weighted by Crippen LogP contribution is 2.30. The number of halogens is 3. The lowest BCUT2D eigenvalue weighted by Crippen LogP contribution is -2.61. The average molecular weight is 421 g/mol. The van der Waals surface area contributed by atoms with Crippen LogP contribution in [0.4, 0.5) is 13.2 Å². The molecule has 1 aliphatic rings. The van der Waals surface area contributed by atoms with Gasteiger partial charge in [-0.25, -0.2) is 0 Å². The van der Waals surface area contributed by atoms with Gasteiger partial charge in [-0.3, -0.25) is 15.4 Å². The molecule has 0 bridgehead atoms. The van der Waals surface area contributed by atoms with Gasteiger partial charge >= 0.3 is 6.18 Å². The Morgan fingerprint density at radius 3 is 2.50 bits per heavy atom. The van der Waals surface area contributed by atoms with Crippen LogP contribution in [0.1, 0.15) is 30.9 Å². The number of nitrogens with one attached hydrogen (secondary N) is 3. The molecule has 2 atom stereocenters. The molecule has 8 heteroatoms. The Labute approximate surface area is 174 Å². The lowest BCUT2D eigenvalue weighted by atomic mass is 9.88. The monoisotopic (exact) mass is 421 g/mol. The third-order valence-corrected chi connectivity index (χ3v) is 5.14. The molecule has 162 valence electrons. The second-order valence-electron chi connectivity index (χ2n) is 7.45. The van der Waals surface area contributed by atoms with E-state index >= 15 is 0 Å². The van der Waals surface area contributed by atoms with Gasteiger partial charge in [0.15, 0.2) is 6.61 Å². The third kappa shape index (κ3) is 5.96. The predicted octanol–water partition coefficient (Wildman–Crippen LogP) is 3.46. The van der Waals surface area contributed by atoms with Crippen LogP contribution in [-0.4, -0.2) is 31.3 Å². The Kier molecular flexibility index (Phi) is 6.99. The minimum Gasteiger partial charge on any atom is -0.484 e. The van der Waals surface area contributed by atoms with Crippen molar-refractivity contribution in [2.45, 2.75) is 44.2 Å². The molecule has 1 fully saturated rings. The maximum atomic E-state index is 12.6. The van der Waals surface area contributed by atoms with Gasteiger partial charge in [-0.1, -0.05) is 48.5 Å². The molecule has 2 aromatic rings. The van der Waals surface area contributed by atoms with Crippen molar-refractivity contribution in [3.05, 3.63) is 65.7 Å². The maximum absolute atomic E-state index is 12.6. The Bertz CT molecular complexity index is 835. The first kappa shape index (κ1) is 22.1. The van der Waals surface area contributed by atoms with Crippen molar-refractivity contribution < 1.29 is 22.7 Å². The smallest absolute Gasteiger partial charge is 0.422 e. The number of rotatable bonds is 7. The van der Waals surface area contributed by atoms with E-state index in [-0.39, 0.29) is 17.7 Å². The number of hydrogen-bond acceptors (Lipinski definition) is 4. The maximum Gasteiger partial charge on any atom is 0.422 e. The van der Waals surface area contributed by atoms with Gasteiger partial charge in [-0.05, 0) is 24.5 Å². The van der Waals surface area contributed by atoms with Gasteiger partial charge in [-0.15, -0.1) is 0 Å². The van der Waals surface area contributed by atoms with Crippen LogP contribution in [0.5, 0.6) is 5.75 Å². The van der Waals surface area contributed by atoms with E-state index < -0.39 is 18.4 Å². The Morgan fingerprint density at radius 1 is 1.17 bits per heavy atom. The number of ether oxygens (including phenoxy) is 1. The zero-order chi connectivity index (χ0) is 21.6. The normalized spacial score (nSPS) is 21.8. The van der Waals surface area contributed by atoms with E-state index in [4.69, 9.17) is 4.74 Å². The van der Waals surface area contributed by atoms with Crippen LogP contribution in [-0.2, 0) is 17.0 Å². The van der Waals surface area contributed by atoms with Gasteiger partial charge in [0.1, 0.15) is 5.75 Å². The zero-order valence-corrected chi connectivity index (χ0v) is 16.8. The molecule has 0 aliphatic carbocycles. The van der Waals surface area contributed by atoms with Gasteiger partial charge in [0.2, 0.25) is 5.91 Å². The summed E-state index contributed by atoms with van der Waals surface area (Å²) in [7, 11) is 0. The first-order chi connectivity index (χ1) is 14.3. The Balaban J connectivity index is 1.75. The van der Waals surface area contributed by atoms with Crippen molar-refractivity contribution in [1.29, 1.82) is 0 Å². The predicted molar refractivity (Wildman–Crippen MR) is 108 cm³/mol. The number of piperidine rings is 1. The summed E-state index contributed by atoms with van der Waals surface area (Å²) in [6, 6.07) is 16.6. The molecule has 3 N–H and O–H groups in total. The number of hydrogen-bond donors (Lipinski definition) is 3. The first-order valence-corrected chi connectivity index (χ1v) is 9.87. The number of carbonyl (C=O) groups is 1. The van der Waals surface area contributed by atoms with E-state index in [0.29, 0.717) is 25.1 Å². The van der Waals surface area contributed by atoms with Crippen LogP contribution in [0.3, 0.4) is 0 Å². The van der Waals surface area contributed by atoms with Gasteiger partial charge < -0.3 is 10.1 Å². The fourth-order valence-corrected chi connectivity index (χ4v) is 3.71. The SMILES string of the molecule is CC(=O)NC1CCC(NCc2ccccc2OCC(F)(F)F)(c2ccccc2)NC1. The van der Waals surface area contributed by atoms with Crippen molar-refractivity contribution in [3.8, 4) is 5.75 Å². The summed E-state index contributed by atoms with van der Waals surface area (Å²) in [6.07, 6.45) is -2.93. The molecule has 1 saturated heterocycles. The number of alkyl halides is 3. The van der Waals surface area contributed by atoms with Crippen molar-refractivity contribution in [3.63, 3.8) is 0 Å². The van der Waals surface area contributed by atoms with E-state index in [1.54, 1.807) is 24.3 Å². The molecule has 5 nitrogen and oxygen atoms in total. The fourth-order valence-electron chi connectivity index (χ4n) is 3.71. The van der Waals surface area contributed by atoms with Crippen LogP contribution in [0, 0.1) is 0 Å². The molecule has 1 heterocycles. The van der Waals surface area contributed by atoms with Crippen molar-refractivity contribution in [1.82, 2.24) is 16.0 Å². The fraction of sp³-hybridized carbons (Fsp3) is 0.409. The molecule has 2 unspecified atom stereocenters. The van der Waals surface area contributed by atoms with Gasteiger partial charge in [0.25, 0.3) is 0 Å². The van der Waals surface area contributed by atoms with Crippen molar-refractivity contribution in [2.75, 3.05) is 13.2 Å². The number of carbonyl (C=O) groups excluding carboxylic acids is 1. The summed E-state index contributed by atoms with van der Waals surface area (Å²) in [4.78, 5) is 11.4. The lowest BCUT2D eigenvalue weighted by molar-refractivity contribution is -0.153. The van der Waals surface area contributed by atoms with Crippen LogP contribution in [0.15, 0.2) is 54.6 Å². The molecule has 0 aromatic heterocycles. The second kappa shape index (κ2) is 9.49. The summed E-state index contributed by atoms with van der Waals surface area (Å²) < 4.78 is 42.7. The largest absolute Gasteiger partial charge is 0.484 e. The number of amides is 1. The highest BCUT2D eigenvalue weighted by atomic mass is 19.4. The molecule has 1 amide bonds. The quantitative estimate of drug-likeness (QED) is 0.641. The molecule has 1 aliphatic heterocycles. The Morgan fingerprint density at radius 2 is 1.87 bits per heavy atom. The molecule has 0 saturated carbocycles. The minimum absolute atomic E-state index is 0.0311. The summed E-state index contributed by atoms with van der Waals surface area (Å²) in [5.41, 5.74) is 1.11. The summed E-state index contributed by atoms with van der Waals surface area (Å²) >= 11 is 0. The summed E-state index contributed by atoms with van der Waals surface area (Å²) in [6.45, 7) is 1.06. The zero-order valence-electron chi connectivity index (χ0n) is 16.8. The van der Waals surface area contributed by atoms with E-state index in [1.165, 1.54) is 6.92 Å².